The maximum absolute atomic E-state index is 6.11. The Morgan fingerprint density at radius 2 is 1.91 bits per heavy atom. The molecule has 2 aliphatic heterocycles. The normalized spacial score (nSPS) is 27.1. The topological polar surface area (TPSA) is 27.7 Å². The standard InChI is InChI=1S/C17H22N3OPS/c1-21-22(23)17-15(18-20(22)14-8-3-2-4-9-14)10-7-11-16(17)19-12-5-6-13-19/h2-4,8-10,18H,5-7,11-13H2,1H3/t22-/m1/s1. The van der Waals surface area contributed by atoms with Crippen LogP contribution in [0.15, 0.2) is 53.1 Å². The number of hydrogen-bond acceptors (Lipinski definition) is 4. The van der Waals surface area contributed by atoms with E-state index in [9.17, 15) is 0 Å². The van der Waals surface area contributed by atoms with Crippen LogP contribution in [0.25, 0.3) is 0 Å². The van der Waals surface area contributed by atoms with Crippen LogP contribution in [0.5, 0.6) is 0 Å². The van der Waals surface area contributed by atoms with Crippen LogP contribution in [-0.2, 0) is 16.3 Å². The number of allylic oxidation sites excluding steroid dienone is 3. The summed E-state index contributed by atoms with van der Waals surface area (Å²) in [5, 5.41) is 1.24. The molecule has 1 aromatic carbocycles. The van der Waals surface area contributed by atoms with Gasteiger partial charge in [-0.1, -0.05) is 24.3 Å². The molecule has 2 heterocycles. The van der Waals surface area contributed by atoms with Gasteiger partial charge in [-0.25, -0.2) is 4.78 Å². The van der Waals surface area contributed by atoms with Gasteiger partial charge in [-0.3, -0.25) is 5.43 Å². The second-order valence-electron chi connectivity index (χ2n) is 6.11. The molecule has 0 saturated carbocycles. The monoisotopic (exact) mass is 347 g/mol. The van der Waals surface area contributed by atoms with Crippen LogP contribution < -0.4 is 10.2 Å². The van der Waals surface area contributed by atoms with E-state index in [2.05, 4.69) is 33.3 Å². The van der Waals surface area contributed by atoms with E-state index in [1.165, 1.54) is 23.9 Å². The number of nitrogens with zero attached hydrogens (tertiary/aromatic N) is 2. The Bertz CT molecular complexity index is 710. The van der Waals surface area contributed by atoms with Crippen molar-refractivity contribution in [3.8, 4) is 0 Å². The number of fused-ring (bicyclic) bond motifs is 1. The van der Waals surface area contributed by atoms with Crippen molar-refractivity contribution in [1.29, 1.82) is 0 Å². The highest BCUT2D eigenvalue weighted by molar-refractivity contribution is 8.15. The SMILES string of the molecule is CO[P@@]1(=S)C2=C(N3CCCC3)CCC=C2NN1c1ccccc1. The van der Waals surface area contributed by atoms with Crippen LogP contribution in [0.2, 0.25) is 0 Å². The third kappa shape index (κ3) is 2.42. The van der Waals surface area contributed by atoms with Crippen LogP contribution in [0.1, 0.15) is 25.7 Å². The zero-order valence-corrected chi connectivity index (χ0v) is 15.1. The predicted molar refractivity (Wildman–Crippen MR) is 98.5 cm³/mol. The van der Waals surface area contributed by atoms with E-state index in [1.807, 2.05) is 18.2 Å². The van der Waals surface area contributed by atoms with Gasteiger partial charge in [0.2, 0.25) is 6.42 Å². The molecule has 1 N–H and O–H groups in total. The van der Waals surface area contributed by atoms with Gasteiger partial charge in [-0.05, 0) is 49.6 Å². The minimum absolute atomic E-state index is 1.07. The molecule has 2 saturated heterocycles. The summed E-state index contributed by atoms with van der Waals surface area (Å²) in [4.78, 5) is 2.53. The molecule has 0 radical (unpaired) electrons. The third-order valence-electron chi connectivity index (χ3n) is 4.77. The van der Waals surface area contributed by atoms with E-state index in [4.69, 9.17) is 16.3 Å². The Kier molecular flexibility index (Phi) is 3.96. The Labute approximate surface area is 142 Å². The van der Waals surface area contributed by atoms with Crippen LogP contribution >= 0.6 is 6.42 Å². The van der Waals surface area contributed by atoms with Gasteiger partial charge in [0.15, 0.2) is 0 Å². The highest BCUT2D eigenvalue weighted by atomic mass is 32.4. The van der Waals surface area contributed by atoms with Gasteiger partial charge in [0.25, 0.3) is 0 Å². The van der Waals surface area contributed by atoms with E-state index in [0.29, 0.717) is 0 Å². The smallest absolute Gasteiger partial charge is 0.208 e. The summed E-state index contributed by atoms with van der Waals surface area (Å²) in [5.74, 6) is 0. The summed E-state index contributed by atoms with van der Waals surface area (Å²) in [5.41, 5.74) is 7.18. The van der Waals surface area contributed by atoms with Gasteiger partial charge in [0, 0.05) is 25.9 Å². The minimum Gasteiger partial charge on any atom is -0.374 e. The van der Waals surface area contributed by atoms with Crippen molar-refractivity contribution >= 4 is 23.9 Å². The molecular formula is C17H22N3OPS. The lowest BCUT2D eigenvalue weighted by Gasteiger charge is -2.31. The van der Waals surface area contributed by atoms with Gasteiger partial charge in [-0.15, -0.1) is 0 Å². The Morgan fingerprint density at radius 1 is 1.17 bits per heavy atom. The number of hydrazine groups is 1. The van der Waals surface area contributed by atoms with Crippen LogP contribution in [-0.4, -0.2) is 25.1 Å². The average Bonchev–Trinajstić information content (AvgIpc) is 3.23. The maximum Gasteiger partial charge on any atom is 0.208 e. The number of benzene rings is 1. The average molecular weight is 347 g/mol. The second-order valence-corrected chi connectivity index (χ2v) is 9.85. The summed E-state index contributed by atoms with van der Waals surface area (Å²) in [7, 11) is 1.75. The van der Waals surface area contributed by atoms with Crippen molar-refractivity contribution in [3.05, 3.63) is 53.1 Å². The van der Waals surface area contributed by atoms with Crippen molar-refractivity contribution in [2.75, 3.05) is 25.0 Å². The molecule has 1 aliphatic carbocycles. The molecule has 0 unspecified atom stereocenters. The fourth-order valence-electron chi connectivity index (χ4n) is 3.67. The quantitative estimate of drug-likeness (QED) is 0.836. The number of anilines is 1. The van der Waals surface area contributed by atoms with E-state index in [-0.39, 0.29) is 0 Å². The van der Waals surface area contributed by atoms with Crippen molar-refractivity contribution in [1.82, 2.24) is 10.3 Å². The van der Waals surface area contributed by atoms with Gasteiger partial charge >= 0.3 is 0 Å². The van der Waals surface area contributed by atoms with Crippen molar-refractivity contribution < 1.29 is 4.52 Å². The van der Waals surface area contributed by atoms with Gasteiger partial charge in [0.05, 0.1) is 16.7 Å². The van der Waals surface area contributed by atoms with E-state index in [1.54, 1.807) is 7.11 Å². The van der Waals surface area contributed by atoms with Gasteiger partial charge in [0.1, 0.15) is 0 Å². The van der Waals surface area contributed by atoms with Crippen LogP contribution in [0.3, 0.4) is 0 Å². The molecule has 0 bridgehead atoms. The molecular weight excluding hydrogens is 325 g/mol. The summed E-state index contributed by atoms with van der Waals surface area (Å²) in [6.45, 7) is 2.30. The highest BCUT2D eigenvalue weighted by Gasteiger charge is 2.44. The zero-order chi connectivity index (χ0) is 15.9. The molecule has 1 aromatic rings. The summed E-state index contributed by atoms with van der Waals surface area (Å²) >= 11 is 6.11. The Hall–Kier alpha value is -1.29. The molecule has 4 rings (SSSR count). The van der Waals surface area contributed by atoms with E-state index >= 15 is 0 Å². The number of likely N-dealkylation sites (tertiary alicyclic amines) is 1. The lowest BCUT2D eigenvalue weighted by atomic mass is 10.1. The maximum atomic E-state index is 6.11. The first-order valence-corrected chi connectivity index (χ1v) is 10.9. The van der Waals surface area contributed by atoms with Gasteiger partial charge in [-0.2, -0.15) is 0 Å². The van der Waals surface area contributed by atoms with Crippen LogP contribution in [0, 0.1) is 0 Å². The molecule has 2 fully saturated rings. The zero-order valence-electron chi connectivity index (χ0n) is 13.4. The third-order valence-corrected chi connectivity index (χ3v) is 8.67. The molecule has 0 amide bonds. The summed E-state index contributed by atoms with van der Waals surface area (Å²) in [6.07, 6.45) is 4.68. The molecule has 0 aromatic heterocycles. The number of hydrogen-bond donors (Lipinski definition) is 1. The highest BCUT2D eigenvalue weighted by Crippen LogP contribution is 2.66. The Balaban J connectivity index is 1.83. The fraction of sp³-hybridized carbons (Fsp3) is 0.412. The summed E-state index contributed by atoms with van der Waals surface area (Å²) in [6, 6.07) is 10.3. The van der Waals surface area contributed by atoms with E-state index < -0.39 is 6.42 Å². The van der Waals surface area contributed by atoms with E-state index in [0.717, 1.165) is 37.3 Å². The molecule has 23 heavy (non-hydrogen) atoms. The first kappa shape index (κ1) is 15.3. The predicted octanol–water partition coefficient (Wildman–Crippen LogP) is 3.95. The number of para-hydroxylation sites is 1. The lowest BCUT2D eigenvalue weighted by molar-refractivity contribution is 0.403. The number of nitrogens with one attached hydrogen (secondary N) is 1. The summed E-state index contributed by atoms with van der Waals surface area (Å²) < 4.78 is 8.08. The minimum atomic E-state index is -2.30. The molecule has 4 nitrogen and oxygen atoms in total. The second kappa shape index (κ2) is 5.97. The van der Waals surface area contributed by atoms with Gasteiger partial charge < -0.3 is 9.42 Å². The molecule has 3 aliphatic rings. The van der Waals surface area contributed by atoms with Crippen molar-refractivity contribution in [2.45, 2.75) is 25.7 Å². The fourth-order valence-corrected chi connectivity index (χ4v) is 6.94. The largest absolute Gasteiger partial charge is 0.374 e. The molecule has 6 heteroatoms. The first-order chi connectivity index (χ1) is 11.2. The van der Waals surface area contributed by atoms with Crippen molar-refractivity contribution in [3.63, 3.8) is 0 Å². The lowest BCUT2D eigenvalue weighted by Crippen LogP contribution is -2.27. The molecule has 1 atom stereocenters. The Morgan fingerprint density at radius 3 is 2.61 bits per heavy atom. The van der Waals surface area contributed by atoms with Crippen LogP contribution in [0.4, 0.5) is 5.69 Å². The first-order valence-electron chi connectivity index (χ1n) is 8.21. The molecule has 122 valence electrons. The number of rotatable bonds is 3. The van der Waals surface area contributed by atoms with Crippen molar-refractivity contribution in [2.24, 2.45) is 0 Å². The molecule has 0 spiro atoms.